The van der Waals surface area contributed by atoms with Crippen molar-refractivity contribution in [3.05, 3.63) is 0 Å². The lowest BCUT2D eigenvalue weighted by atomic mass is 9.96. The molecule has 2 fully saturated rings. The molecule has 0 unspecified atom stereocenters. The molecule has 2 aliphatic heterocycles. The van der Waals surface area contributed by atoms with Gasteiger partial charge in [-0.1, -0.05) is 0 Å². The van der Waals surface area contributed by atoms with Crippen LogP contribution in [-0.2, 0) is 14.3 Å². The molecule has 2 heterocycles. The van der Waals surface area contributed by atoms with Crippen molar-refractivity contribution in [2.24, 2.45) is 16.8 Å². The molecule has 25 heavy (non-hydrogen) atoms. The summed E-state index contributed by atoms with van der Waals surface area (Å²) in [5, 5.41) is 3.47. The van der Waals surface area contributed by atoms with Crippen molar-refractivity contribution < 1.29 is 14.3 Å². The van der Waals surface area contributed by atoms with Crippen molar-refractivity contribution in [3.63, 3.8) is 0 Å². The van der Waals surface area contributed by atoms with E-state index in [9.17, 15) is 9.59 Å². The molecule has 0 radical (unpaired) electrons. The number of amides is 1. The molecule has 0 aromatic rings. The van der Waals surface area contributed by atoms with Gasteiger partial charge in [0.2, 0.25) is 5.91 Å². The highest BCUT2D eigenvalue weighted by Crippen LogP contribution is 2.19. The fraction of sp³-hybridized carbons (Fsp3) is 0.824. The number of guanidine groups is 1. The van der Waals surface area contributed by atoms with Crippen LogP contribution in [0.25, 0.3) is 0 Å². The number of methoxy groups -OCH3 is 1. The third kappa shape index (κ3) is 6.31. The third-order valence-corrected chi connectivity index (χ3v) is 5.15. The molecule has 1 amide bonds. The maximum absolute atomic E-state index is 11.6. The first kappa shape index (κ1) is 22.0. The van der Waals surface area contributed by atoms with Gasteiger partial charge in [-0.3, -0.25) is 14.6 Å². The summed E-state index contributed by atoms with van der Waals surface area (Å²) >= 11 is 0. The molecule has 0 bridgehead atoms. The van der Waals surface area contributed by atoms with Crippen molar-refractivity contribution in [2.75, 3.05) is 46.9 Å². The third-order valence-electron chi connectivity index (χ3n) is 5.15. The summed E-state index contributed by atoms with van der Waals surface area (Å²) in [4.78, 5) is 31.5. The number of carbonyl (C=O) groups is 2. The average Bonchev–Trinajstić information content (AvgIpc) is 2.62. The van der Waals surface area contributed by atoms with E-state index in [1.807, 2.05) is 4.90 Å². The lowest BCUT2D eigenvalue weighted by molar-refractivity contribution is -0.146. The van der Waals surface area contributed by atoms with Crippen LogP contribution in [0.15, 0.2) is 4.99 Å². The smallest absolute Gasteiger partial charge is 0.308 e. The number of piperidine rings is 2. The number of esters is 1. The number of ether oxygens (including phenoxy) is 1. The molecule has 8 heteroatoms. The van der Waals surface area contributed by atoms with Crippen LogP contribution in [0.4, 0.5) is 0 Å². The maximum atomic E-state index is 11.6. The predicted molar refractivity (Wildman–Crippen MR) is 108 cm³/mol. The van der Waals surface area contributed by atoms with Crippen LogP contribution < -0.4 is 5.32 Å². The van der Waals surface area contributed by atoms with Gasteiger partial charge < -0.3 is 19.9 Å². The molecule has 7 nitrogen and oxygen atoms in total. The summed E-state index contributed by atoms with van der Waals surface area (Å²) in [7, 11) is 3.25. The number of aliphatic imine (C=N–C) groups is 1. The van der Waals surface area contributed by atoms with E-state index in [1.54, 1.807) is 14.0 Å². The first-order valence-corrected chi connectivity index (χ1v) is 8.84. The Morgan fingerprint density at radius 2 is 1.64 bits per heavy atom. The Morgan fingerprint density at radius 1 is 1.08 bits per heavy atom. The molecule has 0 spiro atoms. The lowest BCUT2D eigenvalue weighted by Crippen LogP contribution is -2.48. The Hall–Kier alpha value is -1.06. The van der Waals surface area contributed by atoms with E-state index in [2.05, 4.69) is 15.2 Å². The molecular weight excluding hydrogens is 435 g/mol. The number of rotatable bonds is 3. The fourth-order valence-electron chi connectivity index (χ4n) is 3.51. The molecule has 0 aromatic carbocycles. The van der Waals surface area contributed by atoms with E-state index in [-0.39, 0.29) is 41.8 Å². The number of nitrogens with one attached hydrogen (secondary N) is 1. The zero-order valence-electron chi connectivity index (χ0n) is 15.5. The number of likely N-dealkylation sites (tertiary alicyclic amines) is 2. The van der Waals surface area contributed by atoms with Crippen molar-refractivity contribution in [3.8, 4) is 0 Å². The summed E-state index contributed by atoms with van der Waals surface area (Å²) < 4.78 is 4.83. The molecule has 0 atom stereocenters. The zero-order valence-corrected chi connectivity index (χ0v) is 17.8. The van der Waals surface area contributed by atoms with Gasteiger partial charge in [-0.2, -0.15) is 0 Å². The van der Waals surface area contributed by atoms with Crippen LogP contribution in [0.2, 0.25) is 0 Å². The van der Waals surface area contributed by atoms with Crippen LogP contribution in [0.1, 0.15) is 32.6 Å². The van der Waals surface area contributed by atoms with Gasteiger partial charge in [-0.25, -0.2) is 0 Å². The van der Waals surface area contributed by atoms with E-state index < -0.39 is 0 Å². The summed E-state index contributed by atoms with van der Waals surface area (Å²) in [6.45, 7) is 5.87. The van der Waals surface area contributed by atoms with E-state index in [1.165, 1.54) is 7.11 Å². The summed E-state index contributed by atoms with van der Waals surface area (Å²) in [6, 6.07) is 0. The Morgan fingerprint density at radius 3 is 2.12 bits per heavy atom. The van der Waals surface area contributed by atoms with Crippen molar-refractivity contribution in [1.82, 2.24) is 15.1 Å². The van der Waals surface area contributed by atoms with Crippen molar-refractivity contribution in [2.45, 2.75) is 32.6 Å². The van der Waals surface area contributed by atoms with E-state index >= 15 is 0 Å². The molecule has 2 rings (SSSR count). The minimum Gasteiger partial charge on any atom is -0.469 e. The van der Waals surface area contributed by atoms with Crippen LogP contribution in [-0.4, -0.2) is 74.5 Å². The van der Waals surface area contributed by atoms with Gasteiger partial charge in [0.1, 0.15) is 0 Å². The van der Waals surface area contributed by atoms with Gasteiger partial charge in [0, 0.05) is 46.7 Å². The Balaban J connectivity index is 0.00000312. The predicted octanol–water partition coefficient (Wildman–Crippen LogP) is 1.32. The quantitative estimate of drug-likeness (QED) is 0.294. The number of halogens is 1. The van der Waals surface area contributed by atoms with E-state index in [4.69, 9.17) is 4.74 Å². The van der Waals surface area contributed by atoms with Gasteiger partial charge in [-0.05, 0) is 31.6 Å². The fourth-order valence-corrected chi connectivity index (χ4v) is 3.51. The van der Waals surface area contributed by atoms with Crippen molar-refractivity contribution in [1.29, 1.82) is 0 Å². The largest absolute Gasteiger partial charge is 0.469 e. The Kier molecular flexibility index (Phi) is 9.52. The normalized spacial score (nSPS) is 20.0. The minimum absolute atomic E-state index is 0. The number of hydrogen-bond donors (Lipinski definition) is 1. The van der Waals surface area contributed by atoms with Gasteiger partial charge >= 0.3 is 5.97 Å². The topological polar surface area (TPSA) is 74.2 Å². The zero-order chi connectivity index (χ0) is 17.5. The highest BCUT2D eigenvalue weighted by molar-refractivity contribution is 14.0. The van der Waals surface area contributed by atoms with E-state index in [0.717, 1.165) is 64.4 Å². The second-order valence-electron chi connectivity index (χ2n) is 6.66. The van der Waals surface area contributed by atoms with Gasteiger partial charge in [0.05, 0.1) is 13.0 Å². The van der Waals surface area contributed by atoms with Gasteiger partial charge in [0.25, 0.3) is 0 Å². The second kappa shape index (κ2) is 10.8. The molecule has 144 valence electrons. The van der Waals surface area contributed by atoms with E-state index in [0.29, 0.717) is 5.92 Å². The molecular formula is C17H31IN4O3. The summed E-state index contributed by atoms with van der Waals surface area (Å²) in [6.07, 6.45) is 3.69. The highest BCUT2D eigenvalue weighted by Gasteiger charge is 2.27. The average molecular weight is 466 g/mol. The first-order chi connectivity index (χ1) is 11.5. The molecule has 0 aliphatic carbocycles. The number of carbonyl (C=O) groups excluding carboxylic acids is 2. The second-order valence-corrected chi connectivity index (χ2v) is 6.66. The van der Waals surface area contributed by atoms with Crippen LogP contribution in [0.3, 0.4) is 0 Å². The monoisotopic (exact) mass is 466 g/mol. The standard InChI is InChI=1S/C17H30N4O3.HI/c1-13(22)20-8-4-14(5-9-20)12-19-17(18-2)21-10-6-15(7-11-21)16(23)24-3;/h14-15H,4-12H2,1-3H3,(H,18,19);1H. The SMILES string of the molecule is CN=C(NCC1CCN(C(C)=O)CC1)N1CCC(C(=O)OC)CC1.I. The van der Waals surface area contributed by atoms with Gasteiger partial charge in [-0.15, -0.1) is 24.0 Å². The van der Waals surface area contributed by atoms with Crippen LogP contribution in [0, 0.1) is 11.8 Å². The summed E-state index contributed by atoms with van der Waals surface area (Å²) in [5.74, 6) is 1.57. The molecule has 2 saturated heterocycles. The van der Waals surface area contributed by atoms with Crippen molar-refractivity contribution >= 4 is 41.8 Å². The highest BCUT2D eigenvalue weighted by atomic mass is 127. The number of hydrogen-bond acceptors (Lipinski definition) is 4. The lowest BCUT2D eigenvalue weighted by Gasteiger charge is -2.35. The Labute approximate surface area is 167 Å². The Bertz CT molecular complexity index is 471. The minimum atomic E-state index is -0.102. The molecule has 2 aliphatic rings. The molecule has 1 N–H and O–H groups in total. The first-order valence-electron chi connectivity index (χ1n) is 8.84. The molecule has 0 saturated carbocycles. The number of nitrogens with zero attached hydrogens (tertiary/aromatic N) is 3. The van der Waals surface area contributed by atoms with Gasteiger partial charge in [0.15, 0.2) is 5.96 Å². The van der Waals surface area contributed by atoms with Crippen LogP contribution >= 0.6 is 24.0 Å². The molecule has 0 aromatic heterocycles. The maximum Gasteiger partial charge on any atom is 0.308 e. The van der Waals surface area contributed by atoms with Crippen LogP contribution in [0.5, 0.6) is 0 Å². The summed E-state index contributed by atoms with van der Waals surface area (Å²) in [5.41, 5.74) is 0.